The Morgan fingerprint density at radius 3 is 1.70 bits per heavy atom. The van der Waals surface area contributed by atoms with E-state index in [0.717, 1.165) is 33.3 Å². The molecule has 44 heavy (non-hydrogen) atoms. The van der Waals surface area contributed by atoms with Gasteiger partial charge in [0.05, 0.1) is 17.3 Å². The molecule has 6 rings (SSSR count). The summed E-state index contributed by atoms with van der Waals surface area (Å²) in [4.78, 5) is 13.5. The van der Waals surface area contributed by atoms with Crippen molar-refractivity contribution in [1.29, 1.82) is 5.26 Å². The highest BCUT2D eigenvalue weighted by Crippen LogP contribution is 2.30. The van der Waals surface area contributed by atoms with Crippen molar-refractivity contribution in [2.45, 2.75) is 66.2 Å². The smallest absolute Gasteiger partial charge is 0.271 e. The minimum atomic E-state index is -0.0469. The van der Waals surface area contributed by atoms with E-state index < -0.39 is 0 Å². The first kappa shape index (κ1) is 29.0. The fraction of sp³-hybridized carbons (Fsp3) is 0.333. The summed E-state index contributed by atoms with van der Waals surface area (Å²) in [5, 5.41) is 13.6. The third-order valence-electron chi connectivity index (χ3n) is 8.73. The van der Waals surface area contributed by atoms with Crippen LogP contribution in [0.3, 0.4) is 0 Å². The molecular weight excluding hydrogens is 548 g/mol. The van der Waals surface area contributed by atoms with Crippen LogP contribution in [0.15, 0.2) is 45.2 Å². The van der Waals surface area contributed by atoms with Gasteiger partial charge < -0.3 is 18.0 Å². The lowest BCUT2D eigenvalue weighted by molar-refractivity contribution is 0.581. The van der Waals surface area contributed by atoms with Crippen molar-refractivity contribution in [2.75, 3.05) is 0 Å². The molecule has 8 nitrogen and oxygen atoms in total. The first-order chi connectivity index (χ1) is 20.6. The summed E-state index contributed by atoms with van der Waals surface area (Å²) < 4.78 is 16.3. The second-order valence-electron chi connectivity index (χ2n) is 13.6. The van der Waals surface area contributed by atoms with Crippen molar-refractivity contribution in [3.63, 3.8) is 0 Å². The maximum atomic E-state index is 10.5. The van der Waals surface area contributed by atoms with E-state index >= 15 is 0 Å². The number of hydrogen-bond donors (Lipinski definition) is 0. The summed E-state index contributed by atoms with van der Waals surface area (Å²) >= 11 is 0. The van der Waals surface area contributed by atoms with Gasteiger partial charge in [-0.15, -0.1) is 0 Å². The van der Waals surface area contributed by atoms with E-state index in [1.165, 1.54) is 0 Å². The highest BCUT2D eigenvalue weighted by molar-refractivity contribution is 5.96. The normalized spacial score (nSPS) is 13.9. The van der Waals surface area contributed by atoms with Gasteiger partial charge in [-0.1, -0.05) is 53.7 Å². The van der Waals surface area contributed by atoms with E-state index in [4.69, 9.17) is 25.4 Å². The van der Waals surface area contributed by atoms with Crippen LogP contribution in [-0.2, 0) is 24.9 Å². The molecule has 0 aliphatic heterocycles. The third kappa shape index (κ3) is 4.33. The summed E-state index contributed by atoms with van der Waals surface area (Å²) in [7, 11) is 3.86. The predicted molar refractivity (Wildman–Crippen MR) is 173 cm³/mol. The highest BCUT2D eigenvalue weighted by Gasteiger charge is 2.25. The molecule has 0 bridgehead atoms. The van der Waals surface area contributed by atoms with E-state index in [1.54, 1.807) is 0 Å². The monoisotopic (exact) mass is 584 g/mol. The molecule has 0 amide bonds. The summed E-state index contributed by atoms with van der Waals surface area (Å²) in [5.74, 6) is 0.537. The van der Waals surface area contributed by atoms with Crippen LogP contribution in [0.2, 0.25) is 0 Å². The third-order valence-corrected chi connectivity index (χ3v) is 8.73. The van der Waals surface area contributed by atoms with Crippen LogP contribution in [0.5, 0.6) is 0 Å². The quantitative estimate of drug-likeness (QED) is 0.209. The SMILES string of the molecule is [C-]#[N+]/C(c1nc2cc(C(C)(C)C)ccc2o1)=c1\c2c(C)n(C)/c(=C(/C#N)c3nc4cc(C(C)(C)C)ccc4o3)c2c(C)n1C. The number of oxazole rings is 2. The zero-order valence-electron chi connectivity index (χ0n) is 27.0. The fourth-order valence-electron chi connectivity index (χ4n) is 5.92. The molecule has 0 radical (unpaired) electrons. The molecule has 0 atom stereocenters. The standard InChI is InChI=1S/C36H36N6O2/c1-19-28-29(32(42(19)11)30(38-9)34-40-25-17-22(36(6,7)8)13-15-27(25)44-34)20(2)41(10)31(28)23(18-37)33-39-24-16-21(35(3,4)5)12-14-26(24)43-33/h12-17H,1-8,10-11H3/b31-23-,32-30+. The van der Waals surface area contributed by atoms with Gasteiger partial charge in [-0.05, 0) is 60.1 Å². The summed E-state index contributed by atoms with van der Waals surface area (Å²) in [5.41, 5.74) is 7.33. The Balaban J connectivity index is 1.66. The van der Waals surface area contributed by atoms with Crippen LogP contribution in [-0.4, -0.2) is 19.1 Å². The molecule has 6 aromatic rings. The number of nitrogens with zero attached hydrogens (tertiary/aromatic N) is 6. The Kier molecular flexibility index (Phi) is 6.41. The summed E-state index contributed by atoms with van der Waals surface area (Å²) in [6.45, 7) is 25.1. The van der Waals surface area contributed by atoms with Crippen LogP contribution in [0, 0.1) is 31.8 Å². The average molecular weight is 585 g/mol. The maximum absolute atomic E-state index is 10.5. The van der Waals surface area contributed by atoms with Crippen molar-refractivity contribution >= 4 is 44.2 Å². The van der Waals surface area contributed by atoms with Crippen molar-refractivity contribution in [1.82, 2.24) is 19.1 Å². The van der Waals surface area contributed by atoms with Gasteiger partial charge in [0.1, 0.15) is 22.7 Å². The Bertz CT molecular complexity index is 2200. The molecule has 0 N–H and O–H groups in total. The minimum absolute atomic E-state index is 0.0445. The zero-order chi connectivity index (χ0) is 31.9. The molecule has 4 heterocycles. The zero-order valence-corrected chi connectivity index (χ0v) is 27.0. The molecule has 2 aromatic carbocycles. The molecule has 0 spiro atoms. The average Bonchev–Trinajstić information content (AvgIpc) is 3.69. The largest absolute Gasteiger partial charge is 0.447 e. The molecule has 222 valence electrons. The number of hydrogen-bond acceptors (Lipinski definition) is 5. The molecule has 4 aromatic heterocycles. The number of nitriles is 1. The number of rotatable bonds is 2. The number of aryl methyl sites for hydroxylation is 2. The van der Waals surface area contributed by atoms with Crippen LogP contribution in [0.1, 0.15) is 75.8 Å². The van der Waals surface area contributed by atoms with Crippen LogP contribution < -0.4 is 10.7 Å². The fourth-order valence-corrected chi connectivity index (χ4v) is 5.92. The molecular formula is C36H36N6O2. The lowest BCUT2D eigenvalue weighted by atomic mass is 9.87. The first-order valence-corrected chi connectivity index (χ1v) is 14.6. The predicted octanol–water partition coefficient (Wildman–Crippen LogP) is 6.81. The van der Waals surface area contributed by atoms with Gasteiger partial charge in [0.2, 0.25) is 11.8 Å². The molecule has 0 aliphatic rings. The second kappa shape index (κ2) is 9.72. The Labute approximate surface area is 256 Å². The summed E-state index contributed by atoms with van der Waals surface area (Å²) in [6, 6.07) is 14.4. The van der Waals surface area contributed by atoms with Crippen molar-refractivity contribution in [2.24, 2.45) is 14.1 Å². The van der Waals surface area contributed by atoms with Gasteiger partial charge in [-0.2, -0.15) is 5.26 Å². The molecule has 0 saturated heterocycles. The topological polar surface area (TPSA) is 90.1 Å². The van der Waals surface area contributed by atoms with Crippen molar-refractivity contribution in [3.8, 4) is 6.07 Å². The van der Waals surface area contributed by atoms with Crippen LogP contribution >= 0.6 is 0 Å². The van der Waals surface area contributed by atoms with E-state index in [0.29, 0.717) is 44.2 Å². The number of aromatic nitrogens is 4. The maximum Gasteiger partial charge on any atom is 0.271 e. The Morgan fingerprint density at radius 2 is 1.23 bits per heavy atom. The molecule has 0 fully saturated rings. The minimum Gasteiger partial charge on any atom is -0.447 e. The molecule has 0 saturated carbocycles. The highest BCUT2D eigenvalue weighted by atomic mass is 16.4. The number of benzene rings is 2. The number of fused-ring (bicyclic) bond motifs is 3. The van der Waals surface area contributed by atoms with E-state index in [1.807, 2.05) is 73.5 Å². The molecule has 8 heteroatoms. The lowest BCUT2D eigenvalue weighted by Gasteiger charge is -2.18. The Hall–Kier alpha value is -5.08. The van der Waals surface area contributed by atoms with Crippen molar-refractivity contribution in [3.05, 3.63) is 92.8 Å². The van der Waals surface area contributed by atoms with Gasteiger partial charge in [-0.25, -0.2) is 14.8 Å². The van der Waals surface area contributed by atoms with Gasteiger partial charge in [-0.3, -0.25) is 0 Å². The first-order valence-electron chi connectivity index (χ1n) is 14.6. The molecule has 0 aliphatic carbocycles. The lowest BCUT2D eigenvalue weighted by Crippen LogP contribution is -2.21. The Morgan fingerprint density at radius 1 is 0.773 bits per heavy atom. The second-order valence-corrected chi connectivity index (χ2v) is 13.6. The van der Waals surface area contributed by atoms with Crippen LogP contribution in [0.25, 0.3) is 49.1 Å². The molecule has 0 unspecified atom stereocenters. The van der Waals surface area contributed by atoms with E-state index in [-0.39, 0.29) is 22.6 Å². The van der Waals surface area contributed by atoms with Gasteiger partial charge in [0, 0.05) is 36.3 Å². The van der Waals surface area contributed by atoms with Crippen LogP contribution in [0.4, 0.5) is 0 Å². The van der Waals surface area contributed by atoms with Gasteiger partial charge in [0.15, 0.2) is 11.2 Å². The van der Waals surface area contributed by atoms with E-state index in [9.17, 15) is 5.26 Å². The van der Waals surface area contributed by atoms with Gasteiger partial charge >= 0.3 is 0 Å². The van der Waals surface area contributed by atoms with Crippen molar-refractivity contribution < 1.29 is 8.83 Å². The summed E-state index contributed by atoms with van der Waals surface area (Å²) in [6.07, 6.45) is 0. The van der Waals surface area contributed by atoms with E-state index in [2.05, 4.69) is 52.5 Å². The van der Waals surface area contributed by atoms with Gasteiger partial charge in [0.25, 0.3) is 5.70 Å².